The lowest BCUT2D eigenvalue weighted by Gasteiger charge is -2.34. The molecule has 0 aliphatic heterocycles. The summed E-state index contributed by atoms with van der Waals surface area (Å²) in [5.74, 6) is -2.50. The molecule has 0 saturated heterocycles. The van der Waals surface area contributed by atoms with Crippen LogP contribution in [-0.4, -0.2) is 34.1 Å². The number of ether oxygens (including phenoxy) is 1. The fourth-order valence-electron chi connectivity index (χ4n) is 3.26. The Morgan fingerprint density at radius 2 is 1.92 bits per heavy atom. The number of nitrogens with zero attached hydrogens (tertiary/aromatic N) is 2. The van der Waals surface area contributed by atoms with Crippen LogP contribution in [0.1, 0.15) is 63.6 Å². The molecule has 0 aromatic carbocycles. The highest BCUT2D eigenvalue weighted by molar-refractivity contribution is 5.85. The molecule has 1 aromatic heterocycles. The van der Waals surface area contributed by atoms with Crippen LogP contribution in [0.15, 0.2) is 0 Å². The molecule has 1 heterocycles. The third kappa shape index (κ3) is 3.62. The van der Waals surface area contributed by atoms with Gasteiger partial charge in [0.2, 0.25) is 5.92 Å². The smallest absolute Gasteiger partial charge is 0.413 e. The van der Waals surface area contributed by atoms with Crippen molar-refractivity contribution in [1.29, 1.82) is 0 Å². The van der Waals surface area contributed by atoms with Crippen molar-refractivity contribution in [3.05, 3.63) is 11.3 Å². The van der Waals surface area contributed by atoms with Gasteiger partial charge in [-0.1, -0.05) is 0 Å². The monoisotopic (exact) mass is 359 g/mol. The second-order valence-corrected chi connectivity index (χ2v) is 8.12. The maximum absolute atomic E-state index is 13.2. The molecule has 0 spiro atoms. The summed E-state index contributed by atoms with van der Waals surface area (Å²) in [7, 11) is 0. The number of hydrogen-bond donors (Lipinski definition) is 1. The lowest BCUT2D eigenvalue weighted by molar-refractivity contribution is -0.0878. The van der Waals surface area contributed by atoms with Gasteiger partial charge in [0.1, 0.15) is 18.1 Å². The van der Waals surface area contributed by atoms with Gasteiger partial charge in [-0.15, -0.1) is 0 Å². The van der Waals surface area contributed by atoms with E-state index >= 15 is 0 Å². The highest BCUT2D eigenvalue weighted by atomic mass is 19.3. The maximum atomic E-state index is 13.2. The second kappa shape index (κ2) is 5.92. The van der Waals surface area contributed by atoms with Crippen molar-refractivity contribution in [2.45, 2.75) is 83.0 Å². The summed E-state index contributed by atoms with van der Waals surface area (Å²) in [6.07, 6.45) is -2.01. The second-order valence-electron chi connectivity index (χ2n) is 8.12. The van der Waals surface area contributed by atoms with Crippen molar-refractivity contribution >= 4 is 11.9 Å². The van der Waals surface area contributed by atoms with Crippen molar-refractivity contribution in [3.63, 3.8) is 0 Å². The molecule has 0 radical (unpaired) electrons. The van der Waals surface area contributed by atoms with Crippen LogP contribution in [-0.2, 0) is 10.3 Å². The third-order valence-corrected chi connectivity index (χ3v) is 4.80. The standard InChI is InChI=1S/C17H24F3N3O2/c1-9-13(10-7-17(19,20)8-10)22-23(16(2,3)4)14(9)21-15(24)25-12-5-11(18)6-12/h10-12H,5-8H2,1-4H3,(H,21,24). The normalized spacial score (nSPS) is 25.9. The Morgan fingerprint density at radius 3 is 2.40 bits per heavy atom. The lowest BCUT2D eigenvalue weighted by atomic mass is 9.78. The number of aromatic nitrogens is 2. The van der Waals surface area contributed by atoms with Crippen LogP contribution in [0.25, 0.3) is 0 Å². The van der Waals surface area contributed by atoms with Crippen LogP contribution in [0.4, 0.5) is 23.8 Å². The van der Waals surface area contributed by atoms with E-state index in [0.717, 1.165) is 0 Å². The molecule has 0 atom stereocenters. The quantitative estimate of drug-likeness (QED) is 0.864. The fraction of sp³-hybridized carbons (Fsp3) is 0.765. The van der Waals surface area contributed by atoms with Gasteiger partial charge in [-0.05, 0) is 27.7 Å². The van der Waals surface area contributed by atoms with Crippen molar-refractivity contribution in [3.8, 4) is 0 Å². The van der Waals surface area contributed by atoms with Gasteiger partial charge in [0.15, 0.2) is 0 Å². The van der Waals surface area contributed by atoms with Gasteiger partial charge in [0, 0.05) is 37.2 Å². The molecule has 1 aromatic rings. The molecule has 1 N–H and O–H groups in total. The topological polar surface area (TPSA) is 56.2 Å². The minimum Gasteiger partial charge on any atom is -0.446 e. The van der Waals surface area contributed by atoms with Gasteiger partial charge in [-0.2, -0.15) is 5.10 Å². The van der Waals surface area contributed by atoms with E-state index in [9.17, 15) is 18.0 Å². The van der Waals surface area contributed by atoms with Crippen LogP contribution in [0, 0.1) is 6.92 Å². The number of rotatable bonds is 3. The molecule has 140 valence electrons. The molecule has 2 aliphatic carbocycles. The first kappa shape index (κ1) is 18.1. The zero-order valence-corrected chi connectivity index (χ0v) is 14.9. The molecule has 2 fully saturated rings. The highest BCUT2D eigenvalue weighted by Gasteiger charge is 2.48. The van der Waals surface area contributed by atoms with E-state index in [1.165, 1.54) is 0 Å². The molecular formula is C17H24F3N3O2. The summed E-state index contributed by atoms with van der Waals surface area (Å²) < 4.78 is 46.1. The molecule has 0 bridgehead atoms. The van der Waals surface area contributed by atoms with Crippen LogP contribution >= 0.6 is 0 Å². The number of alkyl halides is 3. The highest BCUT2D eigenvalue weighted by Crippen LogP contribution is 2.49. The van der Waals surface area contributed by atoms with Crippen molar-refractivity contribution in [2.75, 3.05) is 5.32 Å². The average Bonchev–Trinajstić information content (AvgIpc) is 2.71. The summed E-state index contributed by atoms with van der Waals surface area (Å²) in [5, 5.41) is 7.17. The number of halogens is 3. The van der Waals surface area contributed by atoms with Crippen LogP contribution < -0.4 is 5.32 Å². The van der Waals surface area contributed by atoms with E-state index in [4.69, 9.17) is 4.74 Å². The Kier molecular flexibility index (Phi) is 4.28. The SMILES string of the molecule is Cc1c(C2CC(F)(F)C2)nn(C(C)(C)C)c1NC(=O)OC1CC(F)C1. The first-order valence-corrected chi connectivity index (χ1v) is 8.56. The third-order valence-electron chi connectivity index (χ3n) is 4.80. The van der Waals surface area contributed by atoms with E-state index in [-0.39, 0.29) is 31.6 Å². The van der Waals surface area contributed by atoms with Gasteiger partial charge in [0.25, 0.3) is 0 Å². The van der Waals surface area contributed by atoms with Crippen LogP contribution in [0.5, 0.6) is 0 Å². The number of amides is 1. The Bertz CT molecular complexity index is 667. The first-order valence-electron chi connectivity index (χ1n) is 8.56. The summed E-state index contributed by atoms with van der Waals surface area (Å²) in [4.78, 5) is 12.1. The fourth-order valence-corrected chi connectivity index (χ4v) is 3.26. The van der Waals surface area contributed by atoms with Crippen molar-refractivity contribution in [2.24, 2.45) is 0 Å². The number of anilines is 1. The van der Waals surface area contributed by atoms with Crippen molar-refractivity contribution < 1.29 is 22.7 Å². The molecule has 0 unspecified atom stereocenters. The van der Waals surface area contributed by atoms with E-state index in [0.29, 0.717) is 17.1 Å². The van der Waals surface area contributed by atoms with Gasteiger partial charge in [-0.25, -0.2) is 22.6 Å². The Hall–Kier alpha value is -1.73. The zero-order chi connectivity index (χ0) is 18.6. The van der Waals surface area contributed by atoms with E-state index in [1.54, 1.807) is 11.6 Å². The summed E-state index contributed by atoms with van der Waals surface area (Å²) in [6.45, 7) is 7.50. The molecule has 8 heteroatoms. The summed E-state index contributed by atoms with van der Waals surface area (Å²) in [5.41, 5.74) is 0.811. The van der Waals surface area contributed by atoms with Crippen LogP contribution in [0.2, 0.25) is 0 Å². The molecule has 2 saturated carbocycles. The summed E-state index contributed by atoms with van der Waals surface area (Å²) in [6, 6.07) is 0. The number of nitrogens with one attached hydrogen (secondary N) is 1. The molecule has 5 nitrogen and oxygen atoms in total. The first-order chi connectivity index (χ1) is 11.5. The largest absolute Gasteiger partial charge is 0.446 e. The minimum atomic E-state index is -2.64. The van der Waals surface area contributed by atoms with Crippen molar-refractivity contribution in [1.82, 2.24) is 9.78 Å². The van der Waals surface area contributed by atoms with E-state index < -0.39 is 29.8 Å². The van der Waals surface area contributed by atoms with E-state index in [2.05, 4.69) is 10.4 Å². The summed E-state index contributed by atoms with van der Waals surface area (Å²) >= 11 is 0. The number of hydrogen-bond acceptors (Lipinski definition) is 3. The average molecular weight is 359 g/mol. The molecule has 1 amide bonds. The Balaban J connectivity index is 1.79. The Labute approximate surface area is 144 Å². The maximum Gasteiger partial charge on any atom is 0.413 e. The van der Waals surface area contributed by atoms with Gasteiger partial charge in [-0.3, -0.25) is 5.32 Å². The van der Waals surface area contributed by atoms with Crippen LogP contribution in [0.3, 0.4) is 0 Å². The van der Waals surface area contributed by atoms with Gasteiger partial charge in [0.05, 0.1) is 11.2 Å². The Morgan fingerprint density at radius 1 is 1.32 bits per heavy atom. The predicted molar refractivity (Wildman–Crippen MR) is 86.9 cm³/mol. The zero-order valence-electron chi connectivity index (χ0n) is 14.9. The molecular weight excluding hydrogens is 335 g/mol. The molecule has 2 aliphatic rings. The van der Waals surface area contributed by atoms with E-state index in [1.807, 2.05) is 20.8 Å². The number of carbonyl (C=O) groups excluding carboxylic acids is 1. The van der Waals surface area contributed by atoms with Gasteiger partial charge < -0.3 is 4.74 Å². The lowest BCUT2D eigenvalue weighted by Crippen LogP contribution is -2.36. The predicted octanol–water partition coefficient (Wildman–Crippen LogP) is 4.51. The number of carbonyl (C=O) groups is 1. The molecule has 3 rings (SSSR count). The molecule has 25 heavy (non-hydrogen) atoms. The van der Waals surface area contributed by atoms with Gasteiger partial charge >= 0.3 is 6.09 Å². The minimum absolute atomic E-state index is 0.216.